The Kier molecular flexibility index (Phi) is 2.61. The maximum atomic E-state index is 12.1. The molecule has 0 radical (unpaired) electrons. The van der Waals surface area contributed by atoms with Gasteiger partial charge in [0.2, 0.25) is 0 Å². The number of hydrogen-bond donors (Lipinski definition) is 0. The predicted octanol–water partition coefficient (Wildman–Crippen LogP) is 2.69. The van der Waals surface area contributed by atoms with E-state index in [1.165, 1.54) is 0 Å². The molecule has 1 aliphatic carbocycles. The van der Waals surface area contributed by atoms with Crippen LogP contribution in [0, 0.1) is 17.2 Å². The first-order valence-electron chi connectivity index (χ1n) is 6.21. The van der Waals surface area contributed by atoms with Crippen molar-refractivity contribution in [3.05, 3.63) is 0 Å². The third-order valence-corrected chi connectivity index (χ3v) is 3.56. The first-order valence-corrected chi connectivity index (χ1v) is 6.21. The summed E-state index contributed by atoms with van der Waals surface area (Å²) in [6, 6.07) is 2.52. The second-order valence-corrected chi connectivity index (χ2v) is 6.40. The van der Waals surface area contributed by atoms with Gasteiger partial charge in [0.25, 0.3) is 0 Å². The molecule has 94 valence electrons. The Morgan fingerprint density at radius 2 is 2.12 bits per heavy atom. The van der Waals surface area contributed by atoms with Gasteiger partial charge in [0, 0.05) is 12.5 Å². The Morgan fingerprint density at radius 1 is 1.47 bits per heavy atom. The minimum absolute atomic E-state index is 0.202. The van der Waals surface area contributed by atoms with E-state index < -0.39 is 11.1 Å². The number of rotatable bonds is 0. The van der Waals surface area contributed by atoms with E-state index in [2.05, 4.69) is 13.0 Å². The van der Waals surface area contributed by atoms with Gasteiger partial charge in [-0.15, -0.1) is 0 Å². The van der Waals surface area contributed by atoms with Gasteiger partial charge in [0.15, 0.2) is 0 Å². The molecule has 2 bridgehead atoms. The minimum Gasteiger partial charge on any atom is -0.444 e. The number of amides is 1. The molecule has 3 unspecified atom stereocenters. The van der Waals surface area contributed by atoms with Crippen LogP contribution in [0.5, 0.6) is 0 Å². The third kappa shape index (κ3) is 1.99. The first-order chi connectivity index (χ1) is 7.77. The molecule has 4 heteroatoms. The third-order valence-electron chi connectivity index (χ3n) is 3.56. The van der Waals surface area contributed by atoms with Crippen molar-refractivity contribution < 1.29 is 9.53 Å². The lowest BCUT2D eigenvalue weighted by molar-refractivity contribution is -0.0953. The highest BCUT2D eigenvalue weighted by atomic mass is 16.6. The van der Waals surface area contributed by atoms with E-state index in [0.29, 0.717) is 5.92 Å². The summed E-state index contributed by atoms with van der Waals surface area (Å²) >= 11 is 0. The summed E-state index contributed by atoms with van der Waals surface area (Å²) < 4.78 is 5.38. The zero-order chi connectivity index (χ0) is 12.8. The average Bonchev–Trinajstić information content (AvgIpc) is 2.12. The fraction of sp³-hybridized carbons (Fsp3) is 0.846. The van der Waals surface area contributed by atoms with E-state index >= 15 is 0 Å². The van der Waals surface area contributed by atoms with Gasteiger partial charge in [-0.2, -0.15) is 5.26 Å². The Hall–Kier alpha value is -1.24. The molecule has 3 atom stereocenters. The second kappa shape index (κ2) is 3.63. The number of fused-ring (bicyclic) bond motifs is 2. The van der Waals surface area contributed by atoms with Crippen LogP contribution in [0.4, 0.5) is 4.79 Å². The molecule has 0 aromatic carbocycles. The van der Waals surface area contributed by atoms with Gasteiger partial charge in [-0.05, 0) is 39.5 Å². The Labute approximate surface area is 103 Å². The fourth-order valence-corrected chi connectivity index (χ4v) is 3.09. The highest BCUT2D eigenvalue weighted by molar-refractivity contribution is 5.72. The zero-order valence-electron chi connectivity index (χ0n) is 11.0. The first kappa shape index (κ1) is 12.2. The van der Waals surface area contributed by atoms with Crippen molar-refractivity contribution in [3.8, 4) is 6.07 Å². The lowest BCUT2D eigenvalue weighted by Crippen LogP contribution is -2.71. The molecular formula is C13H20N2O2. The van der Waals surface area contributed by atoms with Crippen LogP contribution in [-0.2, 0) is 4.74 Å². The summed E-state index contributed by atoms with van der Waals surface area (Å²) in [5, 5.41) is 9.32. The quantitative estimate of drug-likeness (QED) is 0.649. The summed E-state index contributed by atoms with van der Waals surface area (Å²) in [4.78, 5) is 13.7. The number of carbonyl (C=O) groups is 1. The fourth-order valence-electron chi connectivity index (χ4n) is 3.09. The van der Waals surface area contributed by atoms with Gasteiger partial charge in [-0.1, -0.05) is 6.92 Å². The summed E-state index contributed by atoms with van der Waals surface area (Å²) in [5.41, 5.74) is -1.09. The van der Waals surface area contributed by atoms with Crippen molar-refractivity contribution in [2.45, 2.75) is 64.1 Å². The normalized spacial score (nSPS) is 35.8. The van der Waals surface area contributed by atoms with Crippen molar-refractivity contribution >= 4 is 6.09 Å². The van der Waals surface area contributed by atoms with E-state index in [1.54, 1.807) is 4.90 Å². The van der Waals surface area contributed by atoms with Crippen molar-refractivity contribution in [2.24, 2.45) is 5.92 Å². The molecule has 0 N–H and O–H groups in total. The van der Waals surface area contributed by atoms with Crippen LogP contribution in [0.15, 0.2) is 0 Å². The number of nitriles is 1. The van der Waals surface area contributed by atoms with Crippen molar-refractivity contribution in [1.82, 2.24) is 4.90 Å². The van der Waals surface area contributed by atoms with Gasteiger partial charge in [-0.3, -0.25) is 4.90 Å². The molecule has 1 saturated carbocycles. The van der Waals surface area contributed by atoms with Crippen molar-refractivity contribution in [2.75, 3.05) is 0 Å². The minimum atomic E-state index is -0.593. The van der Waals surface area contributed by atoms with E-state index in [9.17, 15) is 10.1 Å². The molecular weight excluding hydrogens is 216 g/mol. The average molecular weight is 236 g/mol. The zero-order valence-corrected chi connectivity index (χ0v) is 11.0. The smallest absolute Gasteiger partial charge is 0.411 e. The monoisotopic (exact) mass is 236 g/mol. The maximum absolute atomic E-state index is 12.1. The van der Waals surface area contributed by atoms with Crippen LogP contribution in [0.2, 0.25) is 0 Å². The number of carbonyl (C=O) groups excluding carboxylic acids is 1. The van der Waals surface area contributed by atoms with E-state index in [4.69, 9.17) is 4.74 Å². The molecule has 2 saturated heterocycles. The maximum Gasteiger partial charge on any atom is 0.411 e. The Bertz CT molecular complexity index is 380. The van der Waals surface area contributed by atoms with Gasteiger partial charge in [-0.25, -0.2) is 4.79 Å². The Balaban J connectivity index is 2.13. The standard InChI is InChI=1S/C13H20N2O2/c1-9-5-10-7-13(6-9,8-14)15(10)11(16)17-12(2,3)4/h9-10H,5-7H2,1-4H3. The molecule has 0 aromatic heterocycles. The highest BCUT2D eigenvalue weighted by Gasteiger charge is 2.59. The van der Waals surface area contributed by atoms with Gasteiger partial charge in [0.05, 0.1) is 6.07 Å². The van der Waals surface area contributed by atoms with E-state index in [0.717, 1.165) is 19.3 Å². The van der Waals surface area contributed by atoms with Gasteiger partial charge < -0.3 is 4.74 Å². The van der Waals surface area contributed by atoms with Crippen molar-refractivity contribution in [3.63, 3.8) is 0 Å². The summed E-state index contributed by atoms with van der Waals surface area (Å²) in [7, 11) is 0. The van der Waals surface area contributed by atoms with E-state index in [-0.39, 0.29) is 12.1 Å². The molecule has 1 amide bonds. The molecule has 3 rings (SSSR count). The van der Waals surface area contributed by atoms with Crippen LogP contribution < -0.4 is 0 Å². The van der Waals surface area contributed by atoms with Crippen LogP contribution in [0.1, 0.15) is 47.0 Å². The molecule has 2 aliphatic heterocycles. The lowest BCUT2D eigenvalue weighted by atomic mass is 9.65. The SMILES string of the molecule is CC1CC2CC(C#N)(C1)N2C(=O)OC(C)(C)C. The highest BCUT2D eigenvalue weighted by Crippen LogP contribution is 2.49. The van der Waals surface area contributed by atoms with Gasteiger partial charge in [0.1, 0.15) is 11.1 Å². The van der Waals surface area contributed by atoms with Crippen LogP contribution in [0.25, 0.3) is 0 Å². The molecule has 2 heterocycles. The van der Waals surface area contributed by atoms with Crippen LogP contribution in [-0.4, -0.2) is 28.2 Å². The summed E-state index contributed by atoms with van der Waals surface area (Å²) in [6.45, 7) is 7.69. The Morgan fingerprint density at radius 3 is 2.65 bits per heavy atom. The van der Waals surface area contributed by atoms with Crippen LogP contribution in [0.3, 0.4) is 0 Å². The lowest BCUT2D eigenvalue weighted by Gasteiger charge is -2.59. The topological polar surface area (TPSA) is 53.3 Å². The van der Waals surface area contributed by atoms with Crippen LogP contribution >= 0.6 is 0 Å². The molecule has 4 nitrogen and oxygen atoms in total. The molecule has 17 heavy (non-hydrogen) atoms. The van der Waals surface area contributed by atoms with Gasteiger partial charge >= 0.3 is 6.09 Å². The summed E-state index contributed by atoms with van der Waals surface area (Å²) in [5.74, 6) is 0.520. The second-order valence-electron chi connectivity index (χ2n) is 6.40. The predicted molar refractivity (Wildman–Crippen MR) is 63.2 cm³/mol. The molecule has 0 spiro atoms. The largest absolute Gasteiger partial charge is 0.444 e. The molecule has 3 aliphatic rings. The number of nitrogens with zero attached hydrogens (tertiary/aromatic N) is 2. The number of ether oxygens (including phenoxy) is 1. The summed E-state index contributed by atoms with van der Waals surface area (Å²) in [6.07, 6.45) is 2.25. The molecule has 0 aromatic rings. The number of hydrogen-bond acceptors (Lipinski definition) is 3. The van der Waals surface area contributed by atoms with E-state index in [1.807, 2.05) is 20.8 Å². The van der Waals surface area contributed by atoms with Crippen molar-refractivity contribution in [1.29, 1.82) is 5.26 Å². The number of piperidine rings is 1. The molecule has 3 fully saturated rings.